The number of nitrogens with one attached hydrogen (secondary N) is 1. The molecule has 0 saturated heterocycles. The number of hydrogen-bond donors (Lipinski definition) is 1. The van der Waals surface area contributed by atoms with E-state index in [4.69, 9.17) is 27.9 Å². The van der Waals surface area contributed by atoms with E-state index in [9.17, 15) is 9.59 Å². The summed E-state index contributed by atoms with van der Waals surface area (Å²) in [7, 11) is 1.59. The number of amides is 2. The summed E-state index contributed by atoms with van der Waals surface area (Å²) in [5, 5.41) is 3.92. The van der Waals surface area contributed by atoms with Gasteiger partial charge in [-0.25, -0.2) is 0 Å². The number of carbonyl (C=O) groups excluding carboxylic acids is 2. The van der Waals surface area contributed by atoms with Crippen molar-refractivity contribution in [1.29, 1.82) is 0 Å². The van der Waals surface area contributed by atoms with Crippen molar-refractivity contribution in [2.75, 3.05) is 7.11 Å². The molecule has 0 aliphatic heterocycles. The molecule has 2 aromatic carbocycles. The minimum Gasteiger partial charge on any atom is -0.497 e. The van der Waals surface area contributed by atoms with Gasteiger partial charge in [-0.1, -0.05) is 48.3 Å². The second kappa shape index (κ2) is 11.2. The van der Waals surface area contributed by atoms with Crippen molar-refractivity contribution in [3.05, 3.63) is 63.6 Å². The van der Waals surface area contributed by atoms with E-state index >= 15 is 0 Å². The summed E-state index contributed by atoms with van der Waals surface area (Å²) in [5.41, 5.74) is 1.56. The Hall–Kier alpha value is -2.24. The second-order valence-electron chi connectivity index (χ2n) is 7.28. The number of rotatable bonds is 9. The van der Waals surface area contributed by atoms with Gasteiger partial charge in [0.1, 0.15) is 11.8 Å². The van der Waals surface area contributed by atoms with Crippen molar-refractivity contribution in [2.45, 2.75) is 52.2 Å². The molecule has 0 heterocycles. The third kappa shape index (κ3) is 6.64. The van der Waals surface area contributed by atoms with E-state index in [0.717, 1.165) is 23.3 Å². The smallest absolute Gasteiger partial charge is 0.242 e. The van der Waals surface area contributed by atoms with Crippen LogP contribution in [0.3, 0.4) is 0 Å². The lowest BCUT2D eigenvalue weighted by molar-refractivity contribution is -0.140. The predicted molar refractivity (Wildman–Crippen MR) is 121 cm³/mol. The zero-order valence-electron chi connectivity index (χ0n) is 17.7. The number of nitrogens with zero attached hydrogens (tertiary/aromatic N) is 1. The Balaban J connectivity index is 2.25. The summed E-state index contributed by atoms with van der Waals surface area (Å²) in [6, 6.07) is 11.8. The van der Waals surface area contributed by atoms with E-state index in [1.807, 2.05) is 38.1 Å². The molecule has 162 valence electrons. The molecule has 0 aliphatic carbocycles. The quantitative estimate of drug-likeness (QED) is 0.592. The first-order chi connectivity index (χ1) is 14.2. The van der Waals surface area contributed by atoms with E-state index in [0.29, 0.717) is 10.0 Å². The number of methoxy groups -OCH3 is 1. The van der Waals surface area contributed by atoms with E-state index in [1.165, 1.54) is 0 Å². The van der Waals surface area contributed by atoms with E-state index < -0.39 is 6.04 Å². The molecule has 0 saturated carbocycles. The van der Waals surface area contributed by atoms with Gasteiger partial charge in [-0.3, -0.25) is 9.59 Å². The normalized spacial score (nSPS) is 12.7. The molecule has 7 heteroatoms. The first kappa shape index (κ1) is 24.0. The largest absolute Gasteiger partial charge is 0.497 e. The molecule has 1 N–H and O–H groups in total. The monoisotopic (exact) mass is 450 g/mol. The summed E-state index contributed by atoms with van der Waals surface area (Å²) >= 11 is 12.3. The highest BCUT2D eigenvalue weighted by Gasteiger charge is 2.27. The molecule has 0 radical (unpaired) electrons. The molecule has 0 bridgehead atoms. The first-order valence-electron chi connectivity index (χ1n) is 9.91. The standard InChI is InChI=1S/C23H28Cl2N2O3/c1-5-15(2)26-23(29)16(3)27(14-18-8-9-19(24)13-21(18)25)22(28)12-17-6-10-20(30-4)11-7-17/h6-11,13,15-16H,5,12,14H2,1-4H3,(H,26,29)/t15-,16-/m0/s1. The van der Waals surface area contributed by atoms with Crippen LogP contribution >= 0.6 is 23.2 Å². The maximum absolute atomic E-state index is 13.2. The van der Waals surface area contributed by atoms with Crippen LogP contribution in [0.15, 0.2) is 42.5 Å². The third-order valence-corrected chi connectivity index (χ3v) is 5.63. The van der Waals surface area contributed by atoms with Crippen molar-refractivity contribution in [1.82, 2.24) is 10.2 Å². The second-order valence-corrected chi connectivity index (χ2v) is 8.12. The fourth-order valence-electron chi connectivity index (χ4n) is 2.90. The average Bonchev–Trinajstić information content (AvgIpc) is 2.73. The molecule has 2 aromatic rings. The van der Waals surface area contributed by atoms with Gasteiger partial charge in [0, 0.05) is 22.6 Å². The zero-order chi connectivity index (χ0) is 22.3. The van der Waals surface area contributed by atoms with Crippen molar-refractivity contribution in [2.24, 2.45) is 0 Å². The Morgan fingerprint density at radius 2 is 1.77 bits per heavy atom. The lowest BCUT2D eigenvalue weighted by Crippen LogP contribution is -2.49. The van der Waals surface area contributed by atoms with Gasteiger partial charge in [-0.2, -0.15) is 0 Å². The van der Waals surface area contributed by atoms with Gasteiger partial charge in [0.05, 0.1) is 13.5 Å². The number of benzene rings is 2. The predicted octanol–water partition coefficient (Wildman–Crippen LogP) is 4.88. The molecular weight excluding hydrogens is 423 g/mol. The molecule has 5 nitrogen and oxygen atoms in total. The van der Waals surface area contributed by atoms with Gasteiger partial charge in [-0.05, 0) is 55.7 Å². The van der Waals surface area contributed by atoms with Crippen LogP contribution in [0.4, 0.5) is 0 Å². The molecular formula is C23H28Cl2N2O3. The van der Waals surface area contributed by atoms with Crippen LogP contribution in [0, 0.1) is 0 Å². The molecule has 30 heavy (non-hydrogen) atoms. The minimum atomic E-state index is -0.656. The lowest BCUT2D eigenvalue weighted by Gasteiger charge is -2.30. The molecule has 0 fully saturated rings. The van der Waals surface area contributed by atoms with Crippen LogP contribution in [0.5, 0.6) is 5.75 Å². The summed E-state index contributed by atoms with van der Waals surface area (Å²) < 4.78 is 5.17. The highest BCUT2D eigenvalue weighted by Crippen LogP contribution is 2.24. The zero-order valence-corrected chi connectivity index (χ0v) is 19.3. The molecule has 2 atom stereocenters. The lowest BCUT2D eigenvalue weighted by atomic mass is 10.1. The highest BCUT2D eigenvalue weighted by atomic mass is 35.5. The van der Waals surface area contributed by atoms with Crippen LogP contribution in [0.25, 0.3) is 0 Å². The molecule has 2 amide bonds. The molecule has 0 aromatic heterocycles. The topological polar surface area (TPSA) is 58.6 Å². The molecule has 0 unspecified atom stereocenters. The number of hydrogen-bond acceptors (Lipinski definition) is 3. The maximum atomic E-state index is 13.2. The van der Waals surface area contributed by atoms with Crippen LogP contribution < -0.4 is 10.1 Å². The average molecular weight is 451 g/mol. The number of carbonyl (C=O) groups is 2. The van der Waals surface area contributed by atoms with Crippen LogP contribution in [0.2, 0.25) is 10.0 Å². The maximum Gasteiger partial charge on any atom is 0.242 e. The van der Waals surface area contributed by atoms with Crippen LogP contribution in [-0.4, -0.2) is 35.9 Å². The van der Waals surface area contributed by atoms with E-state index in [2.05, 4.69) is 5.32 Å². The summed E-state index contributed by atoms with van der Waals surface area (Å²) in [4.78, 5) is 27.5. The summed E-state index contributed by atoms with van der Waals surface area (Å²) in [6.07, 6.45) is 0.970. The van der Waals surface area contributed by atoms with Crippen LogP contribution in [-0.2, 0) is 22.6 Å². The van der Waals surface area contributed by atoms with Gasteiger partial charge < -0.3 is 15.0 Å². The number of ether oxygens (including phenoxy) is 1. The highest BCUT2D eigenvalue weighted by molar-refractivity contribution is 6.35. The van der Waals surface area contributed by atoms with Gasteiger partial charge in [0.15, 0.2) is 0 Å². The Kier molecular flexibility index (Phi) is 9.00. The third-order valence-electron chi connectivity index (χ3n) is 5.04. The number of halogens is 2. The molecule has 0 aliphatic rings. The first-order valence-corrected chi connectivity index (χ1v) is 10.7. The fraction of sp³-hybridized carbons (Fsp3) is 0.391. The van der Waals surface area contributed by atoms with Crippen molar-refractivity contribution in [3.8, 4) is 5.75 Å². The Morgan fingerprint density at radius 3 is 2.33 bits per heavy atom. The summed E-state index contributed by atoms with van der Waals surface area (Å²) in [6.45, 7) is 5.87. The Morgan fingerprint density at radius 1 is 1.10 bits per heavy atom. The fourth-order valence-corrected chi connectivity index (χ4v) is 3.37. The summed E-state index contributed by atoms with van der Waals surface area (Å²) in [5.74, 6) is 0.354. The van der Waals surface area contributed by atoms with Gasteiger partial charge in [-0.15, -0.1) is 0 Å². The van der Waals surface area contributed by atoms with Crippen molar-refractivity contribution in [3.63, 3.8) is 0 Å². The Labute approximate surface area is 188 Å². The van der Waals surface area contributed by atoms with Gasteiger partial charge >= 0.3 is 0 Å². The van der Waals surface area contributed by atoms with Gasteiger partial charge in [0.2, 0.25) is 11.8 Å². The van der Waals surface area contributed by atoms with Crippen LogP contribution in [0.1, 0.15) is 38.3 Å². The molecule has 2 rings (SSSR count). The van der Waals surface area contributed by atoms with E-state index in [1.54, 1.807) is 37.1 Å². The molecule has 0 spiro atoms. The Bertz CT molecular complexity index is 871. The van der Waals surface area contributed by atoms with E-state index in [-0.39, 0.29) is 30.8 Å². The van der Waals surface area contributed by atoms with Gasteiger partial charge in [0.25, 0.3) is 0 Å². The SMILES string of the molecule is CC[C@H](C)NC(=O)[C@H](C)N(Cc1ccc(Cl)cc1Cl)C(=O)Cc1ccc(OC)cc1. The van der Waals surface area contributed by atoms with Crippen molar-refractivity contribution >= 4 is 35.0 Å². The minimum absolute atomic E-state index is 0.0256. The van der Waals surface area contributed by atoms with Crippen molar-refractivity contribution < 1.29 is 14.3 Å².